The molecule has 16 heavy (non-hydrogen) atoms. The second kappa shape index (κ2) is 5.94. The van der Waals surface area contributed by atoms with Crippen molar-refractivity contribution < 1.29 is 14.7 Å². The highest BCUT2D eigenvalue weighted by Gasteiger charge is 2.24. The molecule has 1 amide bonds. The Hall–Kier alpha value is -0.970. The van der Waals surface area contributed by atoms with Crippen LogP contribution in [0.1, 0.15) is 34.6 Å². The Morgan fingerprint density at radius 2 is 1.94 bits per heavy atom. The normalized spacial score (nSPS) is 14.8. The summed E-state index contributed by atoms with van der Waals surface area (Å²) in [5, 5.41) is 13.9. The minimum atomic E-state index is -0.590. The lowest BCUT2D eigenvalue weighted by Crippen LogP contribution is -2.45. The molecule has 0 rings (SSSR count). The molecule has 0 fully saturated rings. The summed E-state index contributed by atoms with van der Waals surface area (Å²) in [6.45, 7) is 8.97. The van der Waals surface area contributed by atoms with Crippen LogP contribution in [0.4, 0.5) is 4.79 Å². The molecule has 0 unspecified atom stereocenters. The smallest absolute Gasteiger partial charge is 0.408 e. The molecule has 0 aliphatic rings. The number of alkyl carbamates (subject to hydrolysis) is 1. The van der Waals surface area contributed by atoms with E-state index in [2.05, 4.69) is 10.5 Å². The molecule has 0 aromatic carbocycles. The number of carbonyl (C=O) groups excluding carboxylic acids is 1. The lowest BCUT2D eigenvalue weighted by molar-refractivity contribution is 0.0508. The third-order valence-corrected chi connectivity index (χ3v) is 2.00. The highest BCUT2D eigenvalue weighted by Crippen LogP contribution is 2.10. The van der Waals surface area contributed by atoms with Crippen LogP contribution in [-0.4, -0.2) is 28.1 Å². The van der Waals surface area contributed by atoms with Gasteiger partial charge in [0.05, 0.1) is 6.04 Å². The van der Waals surface area contributed by atoms with E-state index in [9.17, 15) is 4.79 Å². The van der Waals surface area contributed by atoms with Crippen LogP contribution in [0.15, 0.2) is 5.16 Å². The van der Waals surface area contributed by atoms with Crippen molar-refractivity contribution in [1.29, 1.82) is 0 Å². The lowest BCUT2D eigenvalue weighted by atomic mass is 10.1. The maximum absolute atomic E-state index is 11.5. The largest absolute Gasteiger partial charge is 0.444 e. The summed E-state index contributed by atoms with van der Waals surface area (Å²) < 4.78 is 5.07. The van der Waals surface area contributed by atoms with Crippen molar-refractivity contribution in [2.75, 3.05) is 0 Å². The highest BCUT2D eigenvalue weighted by molar-refractivity contribution is 6.66. The maximum atomic E-state index is 11.5. The third kappa shape index (κ3) is 5.80. The van der Waals surface area contributed by atoms with Crippen molar-refractivity contribution in [3.05, 3.63) is 0 Å². The van der Waals surface area contributed by atoms with Gasteiger partial charge in [-0.05, 0) is 26.7 Å². The van der Waals surface area contributed by atoms with E-state index in [0.717, 1.165) is 0 Å². The fourth-order valence-corrected chi connectivity index (χ4v) is 1.30. The number of hydrogen-bond acceptors (Lipinski definition) is 4. The first-order chi connectivity index (χ1) is 7.17. The van der Waals surface area contributed by atoms with Gasteiger partial charge in [-0.1, -0.05) is 30.6 Å². The SMILES string of the molecule is CC(C)[C@H](NC(=O)OC(C)(C)C)C(Cl)=NO. The van der Waals surface area contributed by atoms with Crippen LogP contribution >= 0.6 is 11.6 Å². The highest BCUT2D eigenvalue weighted by atomic mass is 35.5. The zero-order valence-corrected chi connectivity index (χ0v) is 11.0. The summed E-state index contributed by atoms with van der Waals surface area (Å²) in [4.78, 5) is 11.5. The van der Waals surface area contributed by atoms with Gasteiger partial charge in [-0.2, -0.15) is 0 Å². The number of hydrogen-bond donors (Lipinski definition) is 2. The van der Waals surface area contributed by atoms with E-state index in [-0.39, 0.29) is 11.1 Å². The Morgan fingerprint density at radius 3 is 2.25 bits per heavy atom. The van der Waals surface area contributed by atoms with Crippen molar-refractivity contribution in [3.63, 3.8) is 0 Å². The van der Waals surface area contributed by atoms with Crippen molar-refractivity contribution in [3.8, 4) is 0 Å². The number of nitrogens with one attached hydrogen (secondary N) is 1. The molecule has 0 aliphatic heterocycles. The van der Waals surface area contributed by atoms with Crippen LogP contribution in [0.5, 0.6) is 0 Å². The molecule has 1 atom stereocenters. The number of halogens is 1. The molecule has 0 aliphatic carbocycles. The molecule has 0 spiro atoms. The molecule has 0 bridgehead atoms. The Bertz CT molecular complexity index is 272. The van der Waals surface area contributed by atoms with Gasteiger partial charge in [0.1, 0.15) is 5.60 Å². The Labute approximate surface area is 101 Å². The fraction of sp³-hybridized carbons (Fsp3) is 0.800. The first kappa shape index (κ1) is 15.0. The van der Waals surface area contributed by atoms with Crippen molar-refractivity contribution in [1.82, 2.24) is 5.32 Å². The predicted octanol–water partition coefficient (Wildman–Crippen LogP) is 2.56. The Kier molecular flexibility index (Phi) is 5.58. The van der Waals surface area contributed by atoms with Crippen LogP contribution in [0.25, 0.3) is 0 Å². The van der Waals surface area contributed by atoms with Crippen LogP contribution in [0.3, 0.4) is 0 Å². The Morgan fingerprint density at radius 1 is 1.44 bits per heavy atom. The average Bonchev–Trinajstić information content (AvgIpc) is 2.09. The predicted molar refractivity (Wildman–Crippen MR) is 63.1 cm³/mol. The number of nitrogens with zero attached hydrogens (tertiary/aromatic N) is 1. The topological polar surface area (TPSA) is 70.9 Å². The van der Waals surface area contributed by atoms with E-state index in [1.54, 1.807) is 20.8 Å². The van der Waals surface area contributed by atoms with E-state index < -0.39 is 17.7 Å². The van der Waals surface area contributed by atoms with Gasteiger partial charge in [-0.15, -0.1) is 0 Å². The zero-order valence-electron chi connectivity index (χ0n) is 10.2. The summed E-state index contributed by atoms with van der Waals surface area (Å²) in [5.74, 6) is -0.00378. The number of carbonyl (C=O) groups is 1. The summed E-state index contributed by atoms with van der Waals surface area (Å²) >= 11 is 5.67. The molecule has 6 heteroatoms. The molecule has 0 radical (unpaired) electrons. The first-order valence-electron chi connectivity index (χ1n) is 5.04. The first-order valence-corrected chi connectivity index (χ1v) is 5.42. The molecule has 0 saturated carbocycles. The molecular weight excluding hydrogens is 232 g/mol. The third-order valence-electron chi connectivity index (χ3n) is 1.69. The molecule has 0 aromatic heterocycles. The molecule has 5 nitrogen and oxygen atoms in total. The number of oxime groups is 1. The number of amides is 1. The van der Waals surface area contributed by atoms with Gasteiger partial charge in [0.2, 0.25) is 0 Å². The summed E-state index contributed by atoms with van der Waals surface area (Å²) in [7, 11) is 0. The number of rotatable bonds is 3. The second-order valence-corrected chi connectivity index (χ2v) is 5.18. The van der Waals surface area contributed by atoms with Crippen LogP contribution in [-0.2, 0) is 4.74 Å². The van der Waals surface area contributed by atoms with Crippen molar-refractivity contribution in [2.24, 2.45) is 11.1 Å². The zero-order chi connectivity index (χ0) is 12.9. The minimum Gasteiger partial charge on any atom is -0.444 e. The number of ether oxygens (including phenoxy) is 1. The standard InChI is InChI=1S/C10H19ClN2O3/c1-6(2)7(8(11)13-15)12-9(14)16-10(3,4)5/h6-7,15H,1-5H3,(H,12,14)/t7-/m0/s1. The van der Waals surface area contributed by atoms with E-state index in [1.807, 2.05) is 13.8 Å². The van der Waals surface area contributed by atoms with E-state index in [0.29, 0.717) is 0 Å². The quantitative estimate of drug-likeness (QED) is 0.459. The second-order valence-electron chi connectivity index (χ2n) is 4.79. The van der Waals surface area contributed by atoms with Gasteiger partial charge >= 0.3 is 6.09 Å². The van der Waals surface area contributed by atoms with E-state index in [4.69, 9.17) is 21.5 Å². The minimum absolute atomic E-state index is 0.00378. The van der Waals surface area contributed by atoms with Gasteiger partial charge in [-0.3, -0.25) is 0 Å². The fourth-order valence-electron chi connectivity index (χ4n) is 0.998. The maximum Gasteiger partial charge on any atom is 0.408 e. The van der Waals surface area contributed by atoms with E-state index in [1.165, 1.54) is 0 Å². The van der Waals surface area contributed by atoms with Gasteiger partial charge < -0.3 is 15.3 Å². The molecule has 0 aromatic rings. The van der Waals surface area contributed by atoms with E-state index >= 15 is 0 Å². The van der Waals surface area contributed by atoms with Gasteiger partial charge in [-0.25, -0.2) is 4.79 Å². The van der Waals surface area contributed by atoms with Crippen molar-refractivity contribution in [2.45, 2.75) is 46.3 Å². The van der Waals surface area contributed by atoms with Crippen LogP contribution in [0.2, 0.25) is 0 Å². The summed E-state index contributed by atoms with van der Waals surface area (Å²) in [5.41, 5.74) is -0.575. The van der Waals surface area contributed by atoms with Crippen LogP contribution < -0.4 is 5.32 Å². The van der Waals surface area contributed by atoms with Gasteiger partial charge in [0, 0.05) is 0 Å². The molecule has 94 valence electrons. The Balaban J connectivity index is 4.48. The van der Waals surface area contributed by atoms with Gasteiger partial charge in [0.15, 0.2) is 5.17 Å². The average molecular weight is 251 g/mol. The lowest BCUT2D eigenvalue weighted by Gasteiger charge is -2.24. The summed E-state index contributed by atoms with van der Waals surface area (Å²) in [6.07, 6.45) is -0.590. The van der Waals surface area contributed by atoms with Crippen LogP contribution in [0, 0.1) is 5.92 Å². The molecule has 2 N–H and O–H groups in total. The summed E-state index contributed by atoms with van der Waals surface area (Å²) in [6, 6.07) is -0.554. The monoisotopic (exact) mass is 250 g/mol. The van der Waals surface area contributed by atoms with Crippen molar-refractivity contribution >= 4 is 22.9 Å². The van der Waals surface area contributed by atoms with Gasteiger partial charge in [0.25, 0.3) is 0 Å². The molecule has 0 saturated heterocycles. The molecule has 0 heterocycles. The molecular formula is C10H19ClN2O3.